The minimum absolute atomic E-state index is 0.204. The largest absolute Gasteiger partial charge is 0.394 e. The van der Waals surface area contributed by atoms with Crippen molar-refractivity contribution >= 4 is 23.4 Å². The van der Waals surface area contributed by atoms with E-state index < -0.39 is 35.6 Å². The van der Waals surface area contributed by atoms with Crippen LogP contribution in [0.25, 0.3) is 0 Å². The highest BCUT2D eigenvalue weighted by Crippen LogP contribution is 2.54. The number of carbonyl (C=O) groups excluding carboxylic acids is 3. The van der Waals surface area contributed by atoms with Gasteiger partial charge in [0, 0.05) is 25.3 Å². The van der Waals surface area contributed by atoms with E-state index in [1.54, 1.807) is 16.7 Å². The molecular weight excluding hydrogens is 482 g/mol. The molecule has 4 aliphatic heterocycles. The number of aliphatic hydroxyl groups excluding tert-OH is 1. The van der Waals surface area contributed by atoms with Gasteiger partial charge < -0.3 is 24.5 Å². The Morgan fingerprint density at radius 2 is 1.66 bits per heavy atom. The number of para-hydroxylation sites is 1. The second kappa shape index (κ2) is 9.53. The Labute approximate surface area is 221 Å². The number of anilines is 1. The second-order valence-electron chi connectivity index (χ2n) is 10.4. The Bertz CT molecular complexity index is 1300. The molecule has 4 heterocycles. The standard InChI is InChI=1S/C30H31N3O5/c1-20(19-34)33-26-29(37)31(18-21-10-4-2-5-11-21)16-9-15-30(26)25(28(33)36)24-23(38-30)14-8-17-32(27(24)35)22-12-6-3-7-13-22/h2-15,20,23-26,34H,16-19H2,1H3/t20-,23+,24-,25+,26?,30+/m1/s1. The normalized spacial score (nSPS) is 31.1. The molecule has 38 heavy (non-hydrogen) atoms. The lowest BCUT2D eigenvalue weighted by Gasteiger charge is -2.37. The molecule has 6 atom stereocenters. The Hall–Kier alpha value is -3.75. The molecule has 2 fully saturated rings. The Balaban J connectivity index is 1.42. The SMILES string of the molecule is C[C@H](CO)N1C(=O)[C@@H]2[C@@H]3C(=O)N(c4ccccc4)CC=C[C@@H]3O[C@@]23C=CCN(Cc2ccccc2)C(=O)C13. The molecule has 1 N–H and O–H groups in total. The van der Waals surface area contributed by atoms with Crippen LogP contribution in [0.5, 0.6) is 0 Å². The molecule has 2 aromatic rings. The van der Waals surface area contributed by atoms with Crippen LogP contribution in [0.3, 0.4) is 0 Å². The summed E-state index contributed by atoms with van der Waals surface area (Å²) in [5.41, 5.74) is 0.410. The van der Waals surface area contributed by atoms with Gasteiger partial charge in [0.2, 0.25) is 17.7 Å². The molecule has 2 saturated heterocycles. The quantitative estimate of drug-likeness (QED) is 0.619. The zero-order valence-electron chi connectivity index (χ0n) is 21.2. The minimum Gasteiger partial charge on any atom is -0.394 e. The Morgan fingerprint density at radius 1 is 0.947 bits per heavy atom. The van der Waals surface area contributed by atoms with Gasteiger partial charge in [0.25, 0.3) is 0 Å². The molecule has 2 aromatic carbocycles. The number of ether oxygens (including phenoxy) is 1. The number of amides is 3. The molecule has 8 nitrogen and oxygen atoms in total. The van der Waals surface area contributed by atoms with Crippen LogP contribution in [-0.4, -0.2) is 76.1 Å². The van der Waals surface area contributed by atoms with Crippen LogP contribution >= 0.6 is 0 Å². The van der Waals surface area contributed by atoms with Gasteiger partial charge in [0.1, 0.15) is 11.6 Å². The summed E-state index contributed by atoms with van der Waals surface area (Å²) in [4.78, 5) is 47.3. The lowest BCUT2D eigenvalue weighted by molar-refractivity contribution is -0.150. The summed E-state index contributed by atoms with van der Waals surface area (Å²) in [6, 6.07) is 17.5. The molecule has 0 bridgehead atoms. The van der Waals surface area contributed by atoms with Crippen molar-refractivity contribution < 1.29 is 24.2 Å². The molecule has 4 aliphatic rings. The van der Waals surface area contributed by atoms with E-state index in [1.165, 1.54) is 4.90 Å². The molecule has 0 aliphatic carbocycles. The number of hydrogen-bond acceptors (Lipinski definition) is 5. The number of nitrogens with zero attached hydrogens (tertiary/aromatic N) is 3. The molecule has 1 unspecified atom stereocenters. The number of hydrogen-bond donors (Lipinski definition) is 1. The van der Waals surface area contributed by atoms with Gasteiger partial charge in [-0.25, -0.2) is 0 Å². The third kappa shape index (κ3) is 3.70. The van der Waals surface area contributed by atoms with Gasteiger partial charge in [-0.3, -0.25) is 14.4 Å². The van der Waals surface area contributed by atoms with E-state index in [0.29, 0.717) is 19.6 Å². The lowest BCUT2D eigenvalue weighted by atomic mass is 9.77. The van der Waals surface area contributed by atoms with E-state index in [9.17, 15) is 19.5 Å². The first-order chi connectivity index (χ1) is 18.5. The third-order valence-corrected chi connectivity index (χ3v) is 8.20. The molecule has 196 valence electrons. The zero-order valence-corrected chi connectivity index (χ0v) is 21.2. The van der Waals surface area contributed by atoms with Crippen molar-refractivity contribution in [1.29, 1.82) is 0 Å². The summed E-state index contributed by atoms with van der Waals surface area (Å²) >= 11 is 0. The maximum Gasteiger partial charge on any atom is 0.249 e. The summed E-state index contributed by atoms with van der Waals surface area (Å²) in [7, 11) is 0. The number of likely N-dealkylation sites (tertiary alicyclic amines) is 1. The number of aliphatic hydroxyl groups is 1. The summed E-state index contributed by atoms with van der Waals surface area (Å²) in [6.45, 7) is 2.52. The second-order valence-corrected chi connectivity index (χ2v) is 10.4. The van der Waals surface area contributed by atoms with Crippen molar-refractivity contribution in [2.45, 2.75) is 37.3 Å². The van der Waals surface area contributed by atoms with Crippen LogP contribution in [0.1, 0.15) is 12.5 Å². The van der Waals surface area contributed by atoms with Crippen molar-refractivity contribution in [2.24, 2.45) is 11.8 Å². The van der Waals surface area contributed by atoms with Gasteiger partial charge in [-0.2, -0.15) is 0 Å². The molecule has 0 radical (unpaired) electrons. The monoisotopic (exact) mass is 513 g/mol. The van der Waals surface area contributed by atoms with Crippen LogP contribution in [0.4, 0.5) is 5.69 Å². The first-order valence-electron chi connectivity index (χ1n) is 13.1. The highest BCUT2D eigenvalue weighted by Gasteiger charge is 2.72. The molecule has 8 heteroatoms. The predicted octanol–water partition coefficient (Wildman–Crippen LogP) is 2.15. The van der Waals surface area contributed by atoms with Gasteiger partial charge in [0.15, 0.2) is 0 Å². The van der Waals surface area contributed by atoms with Crippen molar-refractivity contribution in [1.82, 2.24) is 9.80 Å². The van der Waals surface area contributed by atoms with Gasteiger partial charge in [-0.1, -0.05) is 72.8 Å². The first-order valence-corrected chi connectivity index (χ1v) is 13.1. The van der Waals surface area contributed by atoms with Crippen molar-refractivity contribution in [2.75, 3.05) is 24.6 Å². The third-order valence-electron chi connectivity index (χ3n) is 8.20. The van der Waals surface area contributed by atoms with Crippen molar-refractivity contribution in [3.63, 3.8) is 0 Å². The lowest BCUT2D eigenvalue weighted by Crippen LogP contribution is -2.57. The van der Waals surface area contributed by atoms with Crippen LogP contribution in [0.2, 0.25) is 0 Å². The minimum atomic E-state index is -1.31. The Kier molecular flexibility index (Phi) is 6.16. The average molecular weight is 514 g/mol. The van der Waals surface area contributed by atoms with E-state index in [1.807, 2.05) is 85.0 Å². The van der Waals surface area contributed by atoms with Crippen LogP contribution in [0.15, 0.2) is 85.0 Å². The summed E-state index contributed by atoms with van der Waals surface area (Å²) in [5.74, 6) is -2.46. The molecule has 0 aromatic heterocycles. The molecule has 6 rings (SSSR count). The maximum atomic E-state index is 14.2. The summed E-state index contributed by atoms with van der Waals surface area (Å²) in [6.07, 6.45) is 6.81. The molecule has 3 amide bonds. The van der Waals surface area contributed by atoms with E-state index in [0.717, 1.165) is 11.3 Å². The molecular formula is C30H31N3O5. The van der Waals surface area contributed by atoms with Crippen molar-refractivity contribution in [3.05, 3.63) is 90.5 Å². The molecule has 0 saturated carbocycles. The molecule has 1 spiro atoms. The highest BCUT2D eigenvalue weighted by atomic mass is 16.5. The highest BCUT2D eigenvalue weighted by molar-refractivity contribution is 6.03. The topological polar surface area (TPSA) is 90.4 Å². The van der Waals surface area contributed by atoms with E-state index >= 15 is 0 Å². The number of rotatable bonds is 5. The van der Waals surface area contributed by atoms with Crippen molar-refractivity contribution in [3.8, 4) is 0 Å². The van der Waals surface area contributed by atoms with Gasteiger partial charge >= 0.3 is 0 Å². The number of carbonyl (C=O) groups is 3. The Morgan fingerprint density at radius 3 is 2.37 bits per heavy atom. The average Bonchev–Trinajstić information content (AvgIpc) is 3.27. The maximum absolute atomic E-state index is 14.2. The van der Waals surface area contributed by atoms with Gasteiger partial charge in [-0.05, 0) is 24.6 Å². The fraction of sp³-hybridized carbons (Fsp3) is 0.367. The summed E-state index contributed by atoms with van der Waals surface area (Å²) < 4.78 is 6.65. The van der Waals surface area contributed by atoms with E-state index in [-0.39, 0.29) is 24.3 Å². The number of fused-ring (bicyclic) bond motifs is 2. The smallest absolute Gasteiger partial charge is 0.249 e. The number of benzene rings is 2. The van der Waals surface area contributed by atoms with E-state index in [4.69, 9.17) is 4.74 Å². The van der Waals surface area contributed by atoms with Crippen LogP contribution in [-0.2, 0) is 25.7 Å². The first kappa shape index (κ1) is 24.6. The van der Waals surface area contributed by atoms with Crippen LogP contribution < -0.4 is 4.90 Å². The van der Waals surface area contributed by atoms with Crippen LogP contribution in [0, 0.1) is 11.8 Å². The van der Waals surface area contributed by atoms with E-state index in [2.05, 4.69) is 0 Å². The fourth-order valence-electron chi connectivity index (χ4n) is 6.47. The summed E-state index contributed by atoms with van der Waals surface area (Å²) in [5, 5.41) is 10.1. The predicted molar refractivity (Wildman–Crippen MR) is 141 cm³/mol. The van der Waals surface area contributed by atoms with Gasteiger partial charge in [0.05, 0.1) is 30.6 Å². The van der Waals surface area contributed by atoms with Gasteiger partial charge in [-0.15, -0.1) is 0 Å². The zero-order chi connectivity index (χ0) is 26.4. The fourth-order valence-corrected chi connectivity index (χ4v) is 6.47.